The van der Waals surface area contributed by atoms with Gasteiger partial charge in [0.15, 0.2) is 11.9 Å². The van der Waals surface area contributed by atoms with Gasteiger partial charge in [0.25, 0.3) is 0 Å². The van der Waals surface area contributed by atoms with Gasteiger partial charge < -0.3 is 70.3 Å². The van der Waals surface area contributed by atoms with Crippen LogP contribution in [0.15, 0.2) is 70.9 Å². The van der Waals surface area contributed by atoms with Crippen LogP contribution in [0.1, 0.15) is 77.3 Å². The molecule has 364 valence electrons. The van der Waals surface area contributed by atoms with Gasteiger partial charge in [-0.15, -0.1) is 0 Å². The molecular formula is C46H68N14O7. The first-order valence-electron chi connectivity index (χ1n) is 22.5. The van der Waals surface area contributed by atoms with Crippen LogP contribution in [0.25, 0.3) is 21.8 Å². The molecule has 0 saturated heterocycles. The van der Waals surface area contributed by atoms with Crippen LogP contribution in [0.3, 0.4) is 0 Å². The van der Waals surface area contributed by atoms with Gasteiger partial charge in [0.1, 0.15) is 30.2 Å². The zero-order valence-corrected chi connectivity index (χ0v) is 38.6. The number of carboxylic acids is 1. The number of hydrogen-bond acceptors (Lipinski definition) is 9. The Kier molecular flexibility index (Phi) is 20.0. The van der Waals surface area contributed by atoms with Gasteiger partial charge in [-0.25, -0.2) is 4.79 Å². The monoisotopic (exact) mass is 929 g/mol. The molecule has 67 heavy (non-hydrogen) atoms. The van der Waals surface area contributed by atoms with Crippen molar-refractivity contribution in [2.24, 2.45) is 50.5 Å². The highest BCUT2D eigenvalue weighted by Crippen LogP contribution is 2.21. The summed E-state index contributed by atoms with van der Waals surface area (Å²) in [5.41, 5.74) is 30.9. The lowest BCUT2D eigenvalue weighted by Gasteiger charge is -2.28. The van der Waals surface area contributed by atoms with E-state index in [1.807, 2.05) is 76.2 Å². The number of aromatic amines is 2. The van der Waals surface area contributed by atoms with Gasteiger partial charge in [0.05, 0.1) is 6.04 Å². The number of aliphatic carboxylic acids is 1. The number of amides is 5. The molecule has 4 aromatic rings. The molecule has 0 saturated carbocycles. The second-order valence-electron chi connectivity index (χ2n) is 17.5. The number of aliphatic imine (C=N–C) groups is 2. The fourth-order valence-corrected chi connectivity index (χ4v) is 7.65. The van der Waals surface area contributed by atoms with Crippen molar-refractivity contribution < 1.29 is 33.9 Å². The van der Waals surface area contributed by atoms with Crippen LogP contribution < -0.4 is 55.3 Å². The second kappa shape index (κ2) is 25.5. The first-order chi connectivity index (χ1) is 31.8. The molecule has 0 unspecified atom stereocenters. The highest BCUT2D eigenvalue weighted by atomic mass is 16.4. The van der Waals surface area contributed by atoms with Crippen LogP contribution in [-0.4, -0.2) is 112 Å². The van der Waals surface area contributed by atoms with Gasteiger partial charge in [-0.2, -0.15) is 0 Å². The quantitative estimate of drug-likeness (QED) is 0.0221. The van der Waals surface area contributed by atoms with E-state index >= 15 is 0 Å². The van der Waals surface area contributed by atoms with E-state index in [0.29, 0.717) is 17.5 Å². The topological polar surface area (TPSA) is 369 Å². The second-order valence-corrected chi connectivity index (χ2v) is 17.5. The number of nitrogens with two attached hydrogens (primary N) is 5. The van der Waals surface area contributed by atoms with E-state index in [2.05, 4.69) is 46.5 Å². The lowest BCUT2D eigenvalue weighted by molar-refractivity contribution is -0.142. The molecule has 2 heterocycles. The summed E-state index contributed by atoms with van der Waals surface area (Å²) in [4.78, 5) is 96.9. The number of nitrogens with zero attached hydrogens (tertiary/aromatic N) is 2. The Morgan fingerprint density at radius 3 is 1.40 bits per heavy atom. The maximum atomic E-state index is 14.5. The van der Waals surface area contributed by atoms with Crippen molar-refractivity contribution in [1.82, 2.24) is 36.6 Å². The number of H-pyrrole nitrogens is 2. The van der Waals surface area contributed by atoms with E-state index < -0.39 is 71.8 Å². The third-order valence-corrected chi connectivity index (χ3v) is 11.0. The lowest BCUT2D eigenvalue weighted by Crippen LogP contribution is -2.60. The van der Waals surface area contributed by atoms with E-state index in [1.165, 1.54) is 0 Å². The molecule has 0 aliphatic carbocycles. The number of hydrogen-bond donors (Lipinski definition) is 13. The molecule has 2 aromatic carbocycles. The van der Waals surface area contributed by atoms with Crippen molar-refractivity contribution in [3.05, 3.63) is 72.1 Å². The van der Waals surface area contributed by atoms with E-state index in [4.69, 9.17) is 28.7 Å². The molecule has 0 fully saturated rings. The maximum absolute atomic E-state index is 14.5. The molecule has 5 amide bonds. The van der Waals surface area contributed by atoms with Gasteiger partial charge in [0, 0.05) is 60.1 Å². The number of carbonyl (C=O) groups is 6. The van der Waals surface area contributed by atoms with E-state index in [9.17, 15) is 33.9 Å². The number of para-hydroxylation sites is 2. The number of rotatable bonds is 27. The number of nitrogens with one attached hydrogen (secondary N) is 7. The number of benzene rings is 2. The molecule has 0 spiro atoms. The first kappa shape index (κ1) is 52.5. The molecule has 6 atom stereocenters. The third kappa shape index (κ3) is 16.7. The zero-order valence-electron chi connectivity index (χ0n) is 38.6. The molecule has 21 nitrogen and oxygen atoms in total. The van der Waals surface area contributed by atoms with E-state index in [1.54, 1.807) is 12.4 Å². The van der Waals surface area contributed by atoms with Crippen molar-refractivity contribution in [3.8, 4) is 0 Å². The largest absolute Gasteiger partial charge is 0.480 e. The Bertz CT molecular complexity index is 2370. The fourth-order valence-electron chi connectivity index (χ4n) is 7.65. The number of guanidine groups is 2. The minimum absolute atomic E-state index is 0.0239. The van der Waals surface area contributed by atoms with E-state index in [0.717, 1.165) is 21.8 Å². The molecule has 0 bridgehead atoms. The van der Waals surface area contributed by atoms with Gasteiger partial charge in [-0.3, -0.25) is 34.0 Å². The normalized spacial score (nSPS) is 14.0. The molecule has 18 N–H and O–H groups in total. The third-order valence-electron chi connectivity index (χ3n) is 11.0. The highest BCUT2D eigenvalue weighted by Gasteiger charge is 2.34. The Hall–Kier alpha value is -7.16. The summed E-state index contributed by atoms with van der Waals surface area (Å²) in [6.45, 7) is 7.84. The standard InChI is InChI=1S/C46H68N14O7/c1-25(2)19-35(57-40(62)34(16-10-18-53-46(50)51)56-39(61)31(47)13-9-17-52-45(48)49)41(63)59-37(21-27-23-54-32-14-7-5-11-29(27)32)43(65)58-36(20-26(3)4)42(64)60-38(44(66)67)22-28-24-55-33-15-8-6-12-30(28)33/h5-8,11-12,14-15,23-26,31,34-38,54-55H,9-10,13,16-22,47H2,1-4H3,(H,56,61)(H,57,62)(H,58,65)(H,59,63)(H,60,64)(H,66,67)(H4,48,49,52)(H4,50,51,53)/t31-,34-,35-,36-,37-,38-/m0/s1. The van der Waals surface area contributed by atoms with Gasteiger partial charge in [-0.1, -0.05) is 64.1 Å². The summed E-state index contributed by atoms with van der Waals surface area (Å²) in [5.74, 6) is -5.15. The Morgan fingerprint density at radius 2 is 0.940 bits per heavy atom. The van der Waals surface area contributed by atoms with Gasteiger partial charge in [-0.05, 0) is 73.6 Å². The van der Waals surface area contributed by atoms with Gasteiger partial charge >= 0.3 is 5.97 Å². The van der Waals surface area contributed by atoms with Crippen LogP contribution >= 0.6 is 0 Å². The maximum Gasteiger partial charge on any atom is 0.326 e. The molecule has 0 aliphatic heterocycles. The number of carboxylic acid groups (broad SMARTS) is 1. The number of aromatic nitrogens is 2. The van der Waals surface area contributed by atoms with Crippen molar-refractivity contribution in [2.45, 2.75) is 115 Å². The number of fused-ring (bicyclic) bond motifs is 2. The Labute approximate surface area is 389 Å². The van der Waals surface area contributed by atoms with Crippen molar-refractivity contribution in [1.29, 1.82) is 0 Å². The summed E-state index contributed by atoms with van der Waals surface area (Å²) in [5, 5.41) is 25.6. The van der Waals surface area contributed by atoms with E-state index in [-0.39, 0.29) is 81.8 Å². The lowest BCUT2D eigenvalue weighted by atomic mass is 9.98. The average Bonchev–Trinajstić information content (AvgIpc) is 3.88. The zero-order chi connectivity index (χ0) is 49.2. The minimum Gasteiger partial charge on any atom is -0.480 e. The van der Waals surface area contributed by atoms with Crippen LogP contribution in [0.5, 0.6) is 0 Å². The average molecular weight is 929 g/mol. The Morgan fingerprint density at radius 1 is 0.552 bits per heavy atom. The van der Waals surface area contributed by atoms with Crippen LogP contribution in [0.2, 0.25) is 0 Å². The van der Waals surface area contributed by atoms with Crippen molar-refractivity contribution >= 4 is 69.2 Å². The molecule has 0 radical (unpaired) electrons. The predicted octanol–water partition coefficient (Wildman–Crippen LogP) is 0.470. The van der Waals surface area contributed by atoms with Gasteiger partial charge in [0.2, 0.25) is 29.5 Å². The summed E-state index contributed by atoms with van der Waals surface area (Å²) in [6, 6.07) is 7.69. The summed E-state index contributed by atoms with van der Waals surface area (Å²) in [7, 11) is 0. The summed E-state index contributed by atoms with van der Waals surface area (Å²) < 4.78 is 0. The van der Waals surface area contributed by atoms with Crippen molar-refractivity contribution in [3.63, 3.8) is 0 Å². The molecule has 2 aromatic heterocycles. The predicted molar refractivity (Wildman–Crippen MR) is 258 cm³/mol. The van der Waals surface area contributed by atoms with Crippen LogP contribution in [0, 0.1) is 11.8 Å². The SMILES string of the molecule is CC(C)C[C@H](NC(=O)[C@H](Cc1c[nH]c2ccccc12)NC(=O)[C@H](CC(C)C)NC(=O)[C@H](CCCN=C(N)N)NC(=O)[C@@H](N)CCCN=C(N)N)C(=O)N[C@@H](Cc1c[nH]c2ccccc12)C(=O)O. The van der Waals surface area contributed by atoms with Crippen LogP contribution in [-0.2, 0) is 41.6 Å². The molecule has 0 aliphatic rings. The molecular weight excluding hydrogens is 861 g/mol. The highest BCUT2D eigenvalue weighted by molar-refractivity contribution is 5.97. The minimum atomic E-state index is -1.33. The number of carbonyl (C=O) groups excluding carboxylic acids is 5. The summed E-state index contributed by atoms with van der Waals surface area (Å²) >= 11 is 0. The molecule has 21 heteroatoms. The molecule has 4 rings (SSSR count). The van der Waals surface area contributed by atoms with Crippen LogP contribution in [0.4, 0.5) is 0 Å². The smallest absolute Gasteiger partial charge is 0.326 e. The fraction of sp³-hybridized carbons (Fsp3) is 0.478. The Balaban J connectivity index is 1.59. The first-order valence-corrected chi connectivity index (χ1v) is 22.5. The van der Waals surface area contributed by atoms with Crippen molar-refractivity contribution in [2.75, 3.05) is 13.1 Å². The summed E-state index contributed by atoms with van der Waals surface area (Å²) in [6.07, 6.45) is 4.65.